The Morgan fingerprint density at radius 3 is 1.12 bits per heavy atom. The number of aliphatic carboxylic acids is 1. The van der Waals surface area contributed by atoms with Crippen LogP contribution in [0.15, 0.2) is 15.0 Å². The van der Waals surface area contributed by atoms with Crippen LogP contribution in [0.1, 0.15) is 142 Å². The van der Waals surface area contributed by atoms with Gasteiger partial charge in [0, 0.05) is 39.3 Å². The summed E-state index contributed by atoms with van der Waals surface area (Å²) in [6.07, 6.45) is 3.95. The average Bonchev–Trinajstić information content (AvgIpc) is 1.89. The molecule has 0 unspecified atom stereocenters. The van der Waals surface area contributed by atoms with Crippen LogP contribution in [0.3, 0.4) is 0 Å². The van der Waals surface area contributed by atoms with Gasteiger partial charge in [0.05, 0.1) is 12.6 Å². The molecule has 93 heavy (non-hydrogen) atoms. The summed E-state index contributed by atoms with van der Waals surface area (Å²) >= 11 is 0. The number of hydrogen-bond donors (Lipinski definition) is 19. The van der Waals surface area contributed by atoms with Crippen LogP contribution in [-0.4, -0.2) is 240 Å². The molecule has 29 N–H and O–H groups in total. The minimum Gasteiger partial charge on any atom is -0.480 e. The highest BCUT2D eigenvalue weighted by Gasteiger charge is 2.43. The number of amides is 10. The van der Waals surface area contributed by atoms with Gasteiger partial charge in [-0.15, -0.1) is 0 Å². The van der Waals surface area contributed by atoms with E-state index in [0.717, 1.165) is 0 Å². The average molecular weight is 1320 g/mol. The summed E-state index contributed by atoms with van der Waals surface area (Å²) in [5.74, 6) is -9.14. The molecular formula is C57H105N23O13. The monoisotopic (exact) mass is 1320 g/mol. The zero-order valence-corrected chi connectivity index (χ0v) is 53.6. The number of likely N-dealkylation sites (tertiary alicyclic amines) is 3. The van der Waals surface area contributed by atoms with Crippen molar-refractivity contribution < 1.29 is 63.0 Å². The molecule has 36 nitrogen and oxygen atoms in total. The minimum atomic E-state index is -1.35. The third kappa shape index (κ3) is 27.5. The molecular weight excluding hydrogens is 1210 g/mol. The molecule has 0 aliphatic carbocycles. The number of nitrogens with one attached hydrogen (secondary N) is 7. The van der Waals surface area contributed by atoms with E-state index in [-0.39, 0.29) is 141 Å². The molecule has 3 aliphatic heterocycles. The summed E-state index contributed by atoms with van der Waals surface area (Å²) in [6, 6.07) is -12.1. The standard InChI is InChI=1S/C57H105N23O13/c1-33(81)44(61)53(91)80-31-13-22-42(80)50(88)74-35(14-2-5-23-58)46(84)76-38(19-10-28-70-57(66)67)52(90)79-30-12-20-40(79)48(86)73-34(17-8-26-68-55(62)63)45(83)71-32-43(82)72-37(18-9-27-69-56(64)65)51(89)78-29-11-21-41(78)49(87)75-36(15-3-6-24-59)47(85)77-39(54(92)93)16-4-7-25-60/h33-42,44,81H,2-32,58-61H2,1H3,(H,71,83)(H,72,82)(H,73,86)(H,74,88)(H,75,87)(H,76,84)(H,77,85)(H,92,93)(H4,62,63,68)(H4,64,65,69)(H4,66,67,70)/t33-,34+,35+,36+,37+,38+,39+,40+,41+,42+,44+/m1/s1. The SMILES string of the molecule is C[C@@H](O)[C@H](N)C(=O)N1CCC[C@H]1C(=O)N[C@@H](CCCCN)C(=O)N[C@@H](CCCN=C(N)N)C(=O)N1CCC[C@H]1C(=O)N[C@@H](CCCN=C(N)N)C(=O)NCC(=O)N[C@@H](CCCN=C(N)N)C(=O)N1CCC[C@H]1C(=O)N[C@@H](CCCCN)C(=O)N[C@@H](CCCCN)C(=O)O. The van der Waals surface area contributed by atoms with Gasteiger partial charge in [0.25, 0.3) is 0 Å². The number of hydrogen-bond acceptors (Lipinski definition) is 19. The van der Waals surface area contributed by atoms with Crippen molar-refractivity contribution in [3.05, 3.63) is 0 Å². The molecule has 10 amide bonds. The lowest BCUT2D eigenvalue weighted by atomic mass is 10.0. The number of nitrogens with zero attached hydrogens (tertiary/aromatic N) is 6. The van der Waals surface area contributed by atoms with E-state index in [1.165, 1.54) is 21.6 Å². The van der Waals surface area contributed by atoms with Crippen molar-refractivity contribution in [3.63, 3.8) is 0 Å². The fourth-order valence-corrected chi connectivity index (χ4v) is 11.2. The largest absolute Gasteiger partial charge is 0.480 e. The van der Waals surface area contributed by atoms with Gasteiger partial charge in [0.1, 0.15) is 60.4 Å². The van der Waals surface area contributed by atoms with Crippen molar-refractivity contribution in [2.45, 2.75) is 208 Å². The van der Waals surface area contributed by atoms with Crippen LogP contribution in [0, 0.1) is 0 Å². The van der Waals surface area contributed by atoms with E-state index in [2.05, 4.69) is 52.2 Å². The number of nitrogens with two attached hydrogens (primary N) is 10. The molecule has 0 aromatic carbocycles. The van der Waals surface area contributed by atoms with Crippen molar-refractivity contribution >= 4 is 82.9 Å². The van der Waals surface area contributed by atoms with Crippen molar-refractivity contribution in [1.29, 1.82) is 0 Å². The predicted octanol–water partition coefficient (Wildman–Crippen LogP) is -7.68. The maximum absolute atomic E-state index is 14.7. The van der Waals surface area contributed by atoms with Gasteiger partial charge >= 0.3 is 5.97 Å². The second kappa shape index (κ2) is 42.1. The van der Waals surface area contributed by atoms with Crippen LogP contribution in [0.4, 0.5) is 0 Å². The lowest BCUT2D eigenvalue weighted by Crippen LogP contribution is -2.59. The van der Waals surface area contributed by atoms with E-state index in [0.29, 0.717) is 70.9 Å². The van der Waals surface area contributed by atoms with Crippen molar-refractivity contribution in [3.8, 4) is 0 Å². The number of carbonyl (C=O) groups is 11. The summed E-state index contributed by atoms with van der Waals surface area (Å²) in [5.41, 5.74) is 56.3. The maximum atomic E-state index is 14.7. The molecule has 0 aromatic rings. The van der Waals surface area contributed by atoms with Crippen LogP contribution >= 0.6 is 0 Å². The van der Waals surface area contributed by atoms with Gasteiger partial charge in [-0.2, -0.15) is 0 Å². The Balaban J connectivity index is 1.86. The molecule has 0 bridgehead atoms. The molecule has 3 heterocycles. The Morgan fingerprint density at radius 2 is 0.763 bits per heavy atom. The molecule has 0 spiro atoms. The second-order valence-corrected chi connectivity index (χ2v) is 23.5. The Hall–Kier alpha value is -8.22. The van der Waals surface area contributed by atoms with E-state index < -0.39 is 138 Å². The number of unbranched alkanes of at least 4 members (excludes halogenated alkanes) is 3. The summed E-state index contributed by atoms with van der Waals surface area (Å²) < 4.78 is 0. The molecule has 3 saturated heterocycles. The lowest BCUT2D eigenvalue weighted by molar-refractivity contribution is -0.143. The molecule has 36 heteroatoms. The number of aliphatic imine (C=N–C) groups is 3. The zero-order chi connectivity index (χ0) is 69.2. The van der Waals surface area contributed by atoms with Gasteiger partial charge in [-0.05, 0) is 161 Å². The Labute approximate surface area is 542 Å². The van der Waals surface area contributed by atoms with Crippen LogP contribution in [0.2, 0.25) is 0 Å². The highest BCUT2D eigenvalue weighted by atomic mass is 16.4. The fraction of sp³-hybridized carbons (Fsp3) is 0.754. The van der Waals surface area contributed by atoms with Gasteiger partial charge < -0.3 is 119 Å². The molecule has 3 rings (SSSR count). The van der Waals surface area contributed by atoms with E-state index >= 15 is 0 Å². The van der Waals surface area contributed by atoms with Gasteiger partial charge in [-0.3, -0.25) is 62.9 Å². The first-order valence-corrected chi connectivity index (χ1v) is 32.2. The molecule has 3 fully saturated rings. The third-order valence-corrected chi connectivity index (χ3v) is 16.2. The Morgan fingerprint density at radius 1 is 0.441 bits per heavy atom. The highest BCUT2D eigenvalue weighted by Crippen LogP contribution is 2.24. The number of carboxylic acid groups (broad SMARTS) is 1. The topological polar surface area (TPSA) is 619 Å². The van der Waals surface area contributed by atoms with E-state index in [1.54, 1.807) is 0 Å². The van der Waals surface area contributed by atoms with E-state index in [4.69, 9.17) is 57.3 Å². The number of carboxylic acids is 1. The summed E-state index contributed by atoms with van der Waals surface area (Å²) in [7, 11) is 0. The zero-order valence-electron chi connectivity index (χ0n) is 53.6. The third-order valence-electron chi connectivity index (χ3n) is 16.2. The van der Waals surface area contributed by atoms with E-state index in [9.17, 15) is 63.0 Å². The first-order valence-electron chi connectivity index (χ1n) is 32.2. The minimum absolute atomic E-state index is 0.0295. The van der Waals surface area contributed by atoms with Crippen LogP contribution in [-0.2, 0) is 52.7 Å². The molecule has 0 aromatic heterocycles. The Kier molecular flexibility index (Phi) is 35.8. The number of aliphatic hydroxyl groups excluding tert-OH is 1. The number of carbonyl (C=O) groups excluding carboxylic acids is 10. The second-order valence-electron chi connectivity index (χ2n) is 23.5. The van der Waals surface area contributed by atoms with Crippen LogP contribution < -0.4 is 94.6 Å². The maximum Gasteiger partial charge on any atom is 0.326 e. The molecule has 11 atom stereocenters. The molecule has 526 valence electrons. The predicted molar refractivity (Wildman–Crippen MR) is 345 cm³/mol. The van der Waals surface area contributed by atoms with Gasteiger partial charge in [-0.1, -0.05) is 0 Å². The lowest BCUT2D eigenvalue weighted by Gasteiger charge is -2.31. The van der Waals surface area contributed by atoms with Gasteiger partial charge in [0.15, 0.2) is 17.9 Å². The fourth-order valence-electron chi connectivity index (χ4n) is 11.2. The number of aliphatic hydroxyl groups is 1. The summed E-state index contributed by atoms with van der Waals surface area (Å²) in [6.45, 7) is 2.02. The van der Waals surface area contributed by atoms with Gasteiger partial charge in [0.2, 0.25) is 59.1 Å². The summed E-state index contributed by atoms with van der Waals surface area (Å²) in [4.78, 5) is 168. The van der Waals surface area contributed by atoms with Crippen molar-refractivity contribution in [2.75, 3.05) is 65.4 Å². The molecule has 3 aliphatic rings. The van der Waals surface area contributed by atoms with Gasteiger partial charge in [-0.25, -0.2) is 4.79 Å². The quantitative estimate of drug-likeness (QED) is 0.0153. The Bertz CT molecular complexity index is 2570. The first kappa shape index (κ1) is 79.0. The van der Waals surface area contributed by atoms with Crippen molar-refractivity contribution in [1.82, 2.24) is 51.9 Å². The smallest absolute Gasteiger partial charge is 0.326 e. The van der Waals surface area contributed by atoms with E-state index in [1.807, 2.05) is 0 Å². The molecule has 0 saturated carbocycles. The van der Waals surface area contributed by atoms with Crippen LogP contribution in [0.25, 0.3) is 0 Å². The normalized spacial score (nSPS) is 18.6. The number of rotatable bonds is 43. The van der Waals surface area contributed by atoms with Crippen LogP contribution in [0.5, 0.6) is 0 Å². The summed E-state index contributed by atoms with van der Waals surface area (Å²) in [5, 5.41) is 38.5. The molecule has 0 radical (unpaired) electrons. The van der Waals surface area contributed by atoms with Crippen molar-refractivity contribution in [2.24, 2.45) is 72.3 Å². The first-order chi connectivity index (χ1) is 44.3. The highest BCUT2D eigenvalue weighted by molar-refractivity contribution is 5.99. The number of guanidine groups is 3.